The van der Waals surface area contributed by atoms with Crippen LogP contribution in [0, 0.1) is 11.8 Å². The Morgan fingerprint density at radius 3 is 2.83 bits per heavy atom. The normalized spacial score (nSPS) is 15.0. The van der Waals surface area contributed by atoms with Crippen molar-refractivity contribution in [3.8, 4) is 11.8 Å². The van der Waals surface area contributed by atoms with Crippen LogP contribution in [-0.2, 0) is 14.3 Å². The number of carbonyl (C=O) groups excluding carboxylic acids is 1. The van der Waals surface area contributed by atoms with Crippen LogP contribution in [0.5, 0.6) is 0 Å². The van der Waals surface area contributed by atoms with Crippen LogP contribution < -0.4 is 0 Å². The van der Waals surface area contributed by atoms with Crippen molar-refractivity contribution in [2.75, 3.05) is 20.3 Å². The van der Waals surface area contributed by atoms with Crippen molar-refractivity contribution in [1.82, 2.24) is 0 Å². The van der Waals surface area contributed by atoms with Crippen LogP contribution in [0.1, 0.15) is 45.4 Å². The largest absolute Gasteiger partial charge is 0.463 e. The van der Waals surface area contributed by atoms with Gasteiger partial charge >= 0.3 is 5.97 Å². The van der Waals surface area contributed by atoms with Gasteiger partial charge in [-0.2, -0.15) is 0 Å². The molecule has 0 radical (unpaired) electrons. The van der Waals surface area contributed by atoms with Gasteiger partial charge in [0.1, 0.15) is 0 Å². The molecule has 0 saturated heterocycles. The molecule has 0 aliphatic heterocycles. The number of hydrogen-bond acceptors (Lipinski definition) is 3. The van der Waals surface area contributed by atoms with Crippen molar-refractivity contribution in [3.05, 3.63) is 11.1 Å². The highest BCUT2D eigenvalue weighted by Crippen LogP contribution is 2.25. The zero-order valence-corrected chi connectivity index (χ0v) is 11.4. The number of allylic oxidation sites excluding steroid dienone is 1. The average molecular weight is 250 g/mol. The summed E-state index contributed by atoms with van der Waals surface area (Å²) in [5, 5.41) is 0. The number of carbonyl (C=O) groups is 1. The van der Waals surface area contributed by atoms with Crippen LogP contribution in [0.3, 0.4) is 0 Å². The van der Waals surface area contributed by atoms with Crippen LogP contribution >= 0.6 is 0 Å². The number of ether oxygens (including phenoxy) is 2. The molecule has 3 heteroatoms. The maximum atomic E-state index is 11.8. The Hall–Kier alpha value is -1.27. The van der Waals surface area contributed by atoms with Crippen LogP contribution in [0.4, 0.5) is 0 Å². The van der Waals surface area contributed by atoms with Crippen LogP contribution in [0.2, 0.25) is 0 Å². The Balaban J connectivity index is 2.64. The van der Waals surface area contributed by atoms with E-state index in [0.29, 0.717) is 6.61 Å². The zero-order valence-electron chi connectivity index (χ0n) is 11.4. The van der Waals surface area contributed by atoms with Gasteiger partial charge in [0.2, 0.25) is 0 Å². The first-order valence-electron chi connectivity index (χ1n) is 6.66. The average Bonchev–Trinajstić information content (AvgIpc) is 2.39. The Kier molecular flexibility index (Phi) is 7.20. The number of esters is 1. The van der Waals surface area contributed by atoms with Gasteiger partial charge in [-0.15, -0.1) is 0 Å². The summed E-state index contributed by atoms with van der Waals surface area (Å²) in [5.41, 5.74) is 1.78. The topological polar surface area (TPSA) is 35.5 Å². The zero-order chi connectivity index (χ0) is 13.2. The van der Waals surface area contributed by atoms with E-state index < -0.39 is 0 Å². The van der Waals surface area contributed by atoms with E-state index in [1.165, 1.54) is 0 Å². The smallest absolute Gasteiger partial charge is 0.334 e. The van der Waals surface area contributed by atoms with E-state index in [1.807, 2.05) is 6.92 Å². The molecule has 18 heavy (non-hydrogen) atoms. The third-order valence-electron chi connectivity index (χ3n) is 2.88. The highest BCUT2D eigenvalue weighted by Gasteiger charge is 2.18. The molecule has 3 nitrogen and oxygen atoms in total. The molecule has 1 rings (SSSR count). The second-order valence-corrected chi connectivity index (χ2v) is 4.28. The molecule has 0 aromatic rings. The predicted octanol–water partition coefficient (Wildman–Crippen LogP) is 2.85. The molecule has 100 valence electrons. The molecule has 0 amide bonds. The molecule has 0 bridgehead atoms. The van der Waals surface area contributed by atoms with E-state index >= 15 is 0 Å². The minimum absolute atomic E-state index is 0.182. The first-order valence-corrected chi connectivity index (χ1v) is 6.66. The Labute approximate surface area is 110 Å². The molecule has 0 saturated carbocycles. The van der Waals surface area contributed by atoms with Gasteiger partial charge in [-0.3, -0.25) is 0 Å². The van der Waals surface area contributed by atoms with E-state index in [0.717, 1.165) is 56.3 Å². The molecule has 0 N–H and O–H groups in total. The molecule has 1 aliphatic carbocycles. The molecule has 0 spiro atoms. The van der Waals surface area contributed by atoms with Crippen molar-refractivity contribution in [3.63, 3.8) is 0 Å². The summed E-state index contributed by atoms with van der Waals surface area (Å²) in [6.07, 6.45) is 5.64. The van der Waals surface area contributed by atoms with Gasteiger partial charge in [0.15, 0.2) is 0 Å². The van der Waals surface area contributed by atoms with E-state index in [4.69, 9.17) is 9.47 Å². The van der Waals surface area contributed by atoms with Crippen molar-refractivity contribution >= 4 is 5.97 Å². The summed E-state index contributed by atoms with van der Waals surface area (Å²) in [6.45, 7) is 2.99. The van der Waals surface area contributed by atoms with Crippen LogP contribution in [-0.4, -0.2) is 26.3 Å². The van der Waals surface area contributed by atoms with Gasteiger partial charge in [0.05, 0.1) is 6.61 Å². The van der Waals surface area contributed by atoms with Crippen molar-refractivity contribution in [1.29, 1.82) is 0 Å². The molecule has 0 heterocycles. The molecule has 1 aliphatic rings. The summed E-state index contributed by atoms with van der Waals surface area (Å²) in [4.78, 5) is 11.8. The first kappa shape index (κ1) is 14.8. The highest BCUT2D eigenvalue weighted by atomic mass is 16.5. The summed E-state index contributed by atoms with van der Waals surface area (Å²) in [5.74, 6) is 6.08. The molecule has 0 unspecified atom stereocenters. The SMILES string of the molecule is CCOC(=O)C1=C(C#CCCCOC)CCCC1. The van der Waals surface area contributed by atoms with Gasteiger partial charge in [-0.1, -0.05) is 11.8 Å². The lowest BCUT2D eigenvalue weighted by Crippen LogP contribution is -2.12. The maximum Gasteiger partial charge on any atom is 0.334 e. The van der Waals surface area contributed by atoms with E-state index in [2.05, 4.69) is 11.8 Å². The van der Waals surface area contributed by atoms with E-state index in [9.17, 15) is 4.79 Å². The Morgan fingerprint density at radius 2 is 2.11 bits per heavy atom. The van der Waals surface area contributed by atoms with Crippen molar-refractivity contribution < 1.29 is 14.3 Å². The van der Waals surface area contributed by atoms with Crippen molar-refractivity contribution in [2.24, 2.45) is 0 Å². The lowest BCUT2D eigenvalue weighted by molar-refractivity contribution is -0.138. The molecule has 0 fully saturated rings. The van der Waals surface area contributed by atoms with Crippen molar-refractivity contribution in [2.45, 2.75) is 45.4 Å². The first-order chi connectivity index (χ1) is 8.79. The quantitative estimate of drug-likeness (QED) is 0.427. The number of hydrogen-bond donors (Lipinski definition) is 0. The lowest BCUT2D eigenvalue weighted by atomic mass is 9.92. The minimum Gasteiger partial charge on any atom is -0.463 e. The van der Waals surface area contributed by atoms with Gasteiger partial charge in [0.25, 0.3) is 0 Å². The van der Waals surface area contributed by atoms with Gasteiger partial charge in [-0.05, 0) is 39.0 Å². The fourth-order valence-corrected chi connectivity index (χ4v) is 1.96. The molecule has 0 aromatic carbocycles. The number of rotatable bonds is 5. The predicted molar refractivity (Wildman–Crippen MR) is 71.0 cm³/mol. The fourth-order valence-electron chi connectivity index (χ4n) is 1.96. The van der Waals surface area contributed by atoms with Crippen LogP contribution in [0.25, 0.3) is 0 Å². The Bertz CT molecular complexity index is 358. The third-order valence-corrected chi connectivity index (χ3v) is 2.88. The minimum atomic E-state index is -0.182. The standard InChI is InChI=1S/C15H22O3/c1-3-18-15(16)14-11-7-6-10-13(14)9-5-4-8-12-17-2/h3-4,6-8,10-12H2,1-2H3. The monoisotopic (exact) mass is 250 g/mol. The second-order valence-electron chi connectivity index (χ2n) is 4.28. The fraction of sp³-hybridized carbons (Fsp3) is 0.667. The molecular weight excluding hydrogens is 228 g/mol. The summed E-state index contributed by atoms with van der Waals surface area (Å²) in [6, 6.07) is 0. The molecule has 0 atom stereocenters. The maximum absolute atomic E-state index is 11.8. The van der Waals surface area contributed by atoms with Gasteiger partial charge in [0, 0.05) is 31.3 Å². The van der Waals surface area contributed by atoms with Gasteiger partial charge < -0.3 is 9.47 Å². The van der Waals surface area contributed by atoms with Crippen LogP contribution in [0.15, 0.2) is 11.1 Å². The number of methoxy groups -OCH3 is 1. The van der Waals surface area contributed by atoms with E-state index in [1.54, 1.807) is 7.11 Å². The van der Waals surface area contributed by atoms with E-state index in [-0.39, 0.29) is 5.97 Å². The summed E-state index contributed by atoms with van der Waals surface area (Å²) >= 11 is 0. The van der Waals surface area contributed by atoms with Gasteiger partial charge in [-0.25, -0.2) is 4.79 Å². The summed E-state index contributed by atoms with van der Waals surface area (Å²) < 4.78 is 10.0. The lowest BCUT2D eigenvalue weighted by Gasteiger charge is -2.15. The number of unbranched alkanes of at least 4 members (excludes halogenated alkanes) is 1. The Morgan fingerprint density at radius 1 is 1.33 bits per heavy atom. The highest BCUT2D eigenvalue weighted by molar-refractivity contribution is 5.90. The third kappa shape index (κ3) is 4.93. The molecular formula is C15H22O3. The summed E-state index contributed by atoms with van der Waals surface area (Å²) in [7, 11) is 1.69. The molecule has 0 aromatic heterocycles. The second kappa shape index (κ2) is 8.77.